The molecule has 1 fully saturated rings. The Kier molecular flexibility index (Phi) is 1.74. The zero-order valence-electron chi connectivity index (χ0n) is 6.71. The van der Waals surface area contributed by atoms with Gasteiger partial charge in [-0.3, -0.25) is 0 Å². The van der Waals surface area contributed by atoms with Crippen molar-refractivity contribution in [2.24, 2.45) is 11.7 Å². The minimum atomic E-state index is 0.785. The van der Waals surface area contributed by atoms with Gasteiger partial charge in [-0.25, -0.2) is 0 Å². The highest BCUT2D eigenvalue weighted by Gasteiger charge is 2.37. The highest BCUT2D eigenvalue weighted by atomic mass is 32.1. The Bertz CT molecular complexity index is 254. The molecule has 0 aromatic carbocycles. The summed E-state index contributed by atoms with van der Waals surface area (Å²) in [5.41, 5.74) is 5.57. The molecule has 0 aliphatic heterocycles. The van der Waals surface area contributed by atoms with Crippen molar-refractivity contribution in [2.75, 3.05) is 6.54 Å². The van der Waals surface area contributed by atoms with Crippen molar-refractivity contribution >= 4 is 11.3 Å². The number of hydrogen-bond acceptors (Lipinski definition) is 2. The molecule has 1 heterocycles. The molecule has 2 heteroatoms. The third-order valence-corrected chi connectivity index (χ3v) is 3.48. The van der Waals surface area contributed by atoms with Gasteiger partial charge in [0.2, 0.25) is 0 Å². The standard InChI is InChI=1S/C9H13NS/c1-6-2-3-9(11-6)8-4-7(8)5-10/h2-3,7-8H,4-5,10H2,1H3/t7-,8+/m0/s1. The van der Waals surface area contributed by atoms with Crippen molar-refractivity contribution in [1.82, 2.24) is 0 Å². The first-order valence-electron chi connectivity index (χ1n) is 4.07. The van der Waals surface area contributed by atoms with E-state index in [4.69, 9.17) is 5.73 Å². The van der Waals surface area contributed by atoms with Crippen LogP contribution in [0.25, 0.3) is 0 Å². The fourth-order valence-electron chi connectivity index (χ4n) is 1.51. The van der Waals surface area contributed by atoms with Gasteiger partial charge < -0.3 is 5.73 Å². The van der Waals surface area contributed by atoms with Crippen molar-refractivity contribution in [3.05, 3.63) is 21.9 Å². The highest BCUT2D eigenvalue weighted by molar-refractivity contribution is 7.12. The van der Waals surface area contributed by atoms with Crippen LogP contribution in [0.15, 0.2) is 12.1 Å². The zero-order chi connectivity index (χ0) is 7.84. The van der Waals surface area contributed by atoms with Crippen molar-refractivity contribution in [3.63, 3.8) is 0 Å². The van der Waals surface area contributed by atoms with Gasteiger partial charge in [-0.15, -0.1) is 11.3 Å². The van der Waals surface area contributed by atoms with Crippen molar-refractivity contribution in [2.45, 2.75) is 19.3 Å². The summed E-state index contributed by atoms with van der Waals surface area (Å²) < 4.78 is 0. The molecule has 0 bridgehead atoms. The lowest BCUT2D eigenvalue weighted by molar-refractivity contribution is 0.815. The van der Waals surface area contributed by atoms with Crippen molar-refractivity contribution in [3.8, 4) is 0 Å². The molecule has 0 radical (unpaired) electrons. The van der Waals surface area contributed by atoms with E-state index in [0.29, 0.717) is 0 Å². The number of hydrogen-bond donors (Lipinski definition) is 1. The first kappa shape index (κ1) is 7.32. The summed E-state index contributed by atoms with van der Waals surface area (Å²) in [7, 11) is 0. The third-order valence-electron chi connectivity index (χ3n) is 2.35. The van der Waals surface area contributed by atoms with E-state index in [9.17, 15) is 0 Å². The fraction of sp³-hybridized carbons (Fsp3) is 0.556. The third kappa shape index (κ3) is 1.33. The molecule has 1 aliphatic carbocycles. The summed E-state index contributed by atoms with van der Waals surface area (Å²) in [6, 6.07) is 4.45. The Morgan fingerprint density at radius 2 is 2.45 bits per heavy atom. The van der Waals surface area contributed by atoms with Crippen LogP contribution in [0.4, 0.5) is 0 Å². The van der Waals surface area contributed by atoms with Crippen LogP contribution < -0.4 is 5.73 Å². The smallest absolute Gasteiger partial charge is 0.00823 e. The van der Waals surface area contributed by atoms with E-state index in [1.54, 1.807) is 0 Å². The molecule has 1 aromatic rings. The molecule has 2 rings (SSSR count). The Morgan fingerprint density at radius 1 is 1.64 bits per heavy atom. The monoisotopic (exact) mass is 167 g/mol. The van der Waals surface area contributed by atoms with E-state index in [1.807, 2.05) is 11.3 Å². The van der Waals surface area contributed by atoms with Gasteiger partial charge in [0.25, 0.3) is 0 Å². The Balaban J connectivity index is 2.08. The van der Waals surface area contributed by atoms with Gasteiger partial charge in [-0.2, -0.15) is 0 Å². The van der Waals surface area contributed by atoms with Gasteiger partial charge in [-0.05, 0) is 43.9 Å². The Hall–Kier alpha value is -0.340. The molecule has 0 amide bonds. The normalized spacial score (nSPS) is 28.9. The van der Waals surface area contributed by atoms with Crippen LogP contribution in [0.2, 0.25) is 0 Å². The molecule has 0 spiro atoms. The maximum absolute atomic E-state index is 5.57. The molecule has 0 unspecified atom stereocenters. The minimum absolute atomic E-state index is 0.785. The largest absolute Gasteiger partial charge is 0.330 e. The topological polar surface area (TPSA) is 26.0 Å². The number of nitrogens with two attached hydrogens (primary N) is 1. The molecule has 1 saturated carbocycles. The summed E-state index contributed by atoms with van der Waals surface area (Å²) in [5, 5.41) is 0. The van der Waals surface area contributed by atoms with E-state index >= 15 is 0 Å². The lowest BCUT2D eigenvalue weighted by Gasteiger charge is -1.90. The lowest BCUT2D eigenvalue weighted by Crippen LogP contribution is -2.01. The van der Waals surface area contributed by atoms with Crippen LogP contribution in [0.5, 0.6) is 0 Å². The van der Waals surface area contributed by atoms with Gasteiger partial charge in [0.05, 0.1) is 0 Å². The maximum atomic E-state index is 5.57. The molecular formula is C9H13NS. The molecule has 1 nitrogen and oxygen atoms in total. The molecule has 2 N–H and O–H groups in total. The predicted molar refractivity (Wildman–Crippen MR) is 49.0 cm³/mol. The van der Waals surface area contributed by atoms with Gasteiger partial charge in [0, 0.05) is 9.75 Å². The van der Waals surface area contributed by atoms with Gasteiger partial charge in [-0.1, -0.05) is 0 Å². The average molecular weight is 167 g/mol. The van der Waals surface area contributed by atoms with Crippen LogP contribution in [0, 0.1) is 12.8 Å². The molecule has 11 heavy (non-hydrogen) atoms. The van der Waals surface area contributed by atoms with Gasteiger partial charge in [0.1, 0.15) is 0 Å². The fourth-order valence-corrected chi connectivity index (χ4v) is 2.59. The second-order valence-electron chi connectivity index (χ2n) is 3.29. The van der Waals surface area contributed by atoms with Crippen molar-refractivity contribution < 1.29 is 0 Å². The quantitative estimate of drug-likeness (QED) is 0.717. The van der Waals surface area contributed by atoms with E-state index in [0.717, 1.165) is 18.4 Å². The van der Waals surface area contributed by atoms with Gasteiger partial charge >= 0.3 is 0 Å². The number of rotatable bonds is 2. The van der Waals surface area contributed by atoms with Crippen LogP contribution in [0.3, 0.4) is 0 Å². The SMILES string of the molecule is Cc1ccc([C@@H]2C[C@H]2CN)s1. The molecular weight excluding hydrogens is 154 g/mol. The predicted octanol–water partition coefficient (Wildman–Crippen LogP) is 2.12. The first-order valence-corrected chi connectivity index (χ1v) is 4.89. The summed E-state index contributed by atoms with van der Waals surface area (Å²) in [6.07, 6.45) is 1.32. The van der Waals surface area contributed by atoms with Gasteiger partial charge in [0.15, 0.2) is 0 Å². The van der Waals surface area contributed by atoms with Crippen molar-refractivity contribution in [1.29, 1.82) is 0 Å². The molecule has 0 saturated heterocycles. The molecule has 1 aliphatic rings. The zero-order valence-corrected chi connectivity index (χ0v) is 7.53. The first-order chi connectivity index (χ1) is 5.31. The van der Waals surface area contributed by atoms with E-state index in [2.05, 4.69) is 19.1 Å². The number of aryl methyl sites for hydroxylation is 1. The summed E-state index contributed by atoms with van der Waals surface area (Å²) in [4.78, 5) is 2.96. The minimum Gasteiger partial charge on any atom is -0.330 e. The molecule has 2 atom stereocenters. The molecule has 60 valence electrons. The summed E-state index contributed by atoms with van der Waals surface area (Å²) in [5.74, 6) is 1.59. The van der Waals surface area contributed by atoms with Crippen LogP contribution in [-0.2, 0) is 0 Å². The van der Waals surface area contributed by atoms with E-state index in [1.165, 1.54) is 16.2 Å². The maximum Gasteiger partial charge on any atom is 0.00823 e. The average Bonchev–Trinajstić information content (AvgIpc) is 2.68. The second kappa shape index (κ2) is 2.61. The summed E-state index contributed by atoms with van der Waals surface area (Å²) in [6.45, 7) is 3.02. The van der Waals surface area contributed by atoms with Crippen LogP contribution >= 0.6 is 11.3 Å². The Labute approximate surface area is 71.2 Å². The lowest BCUT2D eigenvalue weighted by atomic mass is 10.3. The second-order valence-corrected chi connectivity index (χ2v) is 4.61. The highest BCUT2D eigenvalue weighted by Crippen LogP contribution is 2.48. The van der Waals surface area contributed by atoms with Crippen LogP contribution in [-0.4, -0.2) is 6.54 Å². The van der Waals surface area contributed by atoms with E-state index in [-0.39, 0.29) is 0 Å². The van der Waals surface area contributed by atoms with Crippen LogP contribution in [0.1, 0.15) is 22.1 Å². The Morgan fingerprint density at radius 3 is 2.91 bits per heavy atom. The van der Waals surface area contributed by atoms with E-state index < -0.39 is 0 Å². The molecule has 1 aromatic heterocycles. The summed E-state index contributed by atoms with van der Waals surface area (Å²) >= 11 is 1.92. The number of thiophene rings is 1.